The molecule has 142 valence electrons. The quantitative estimate of drug-likeness (QED) is 0.733. The van der Waals surface area contributed by atoms with Crippen LogP contribution in [0.4, 0.5) is 5.69 Å². The normalized spacial score (nSPS) is 26.7. The van der Waals surface area contributed by atoms with Crippen LogP contribution < -0.4 is 10.0 Å². The van der Waals surface area contributed by atoms with Gasteiger partial charge in [-0.2, -0.15) is 10.5 Å². The van der Waals surface area contributed by atoms with E-state index in [1.165, 1.54) is 11.9 Å². The van der Waals surface area contributed by atoms with Gasteiger partial charge in [0.1, 0.15) is 0 Å². The number of nitrogens with one attached hydrogen (secondary N) is 2. The van der Waals surface area contributed by atoms with E-state index in [4.69, 9.17) is 0 Å². The van der Waals surface area contributed by atoms with E-state index in [9.17, 15) is 15.3 Å². The molecule has 4 rings (SSSR count). The summed E-state index contributed by atoms with van der Waals surface area (Å²) in [5, 5.41) is 21.9. The highest BCUT2D eigenvalue weighted by Crippen LogP contribution is 2.52. The summed E-state index contributed by atoms with van der Waals surface area (Å²) in [6.07, 6.45) is 5.18. The summed E-state index contributed by atoms with van der Waals surface area (Å²) in [6.45, 7) is 6.26. The van der Waals surface area contributed by atoms with E-state index < -0.39 is 0 Å². The van der Waals surface area contributed by atoms with Crippen LogP contribution in [0, 0.1) is 28.1 Å². The third-order valence-corrected chi connectivity index (χ3v) is 6.66. The molecule has 1 amide bonds. The SMILES string of the molecule is CC(C)(C)SNc1cc(C#N)ccc1C(=O)NC12CCC(C#N)(CC1)CC2. The van der Waals surface area contributed by atoms with Gasteiger partial charge in [0.05, 0.1) is 34.4 Å². The number of amides is 1. The largest absolute Gasteiger partial charge is 0.347 e. The highest BCUT2D eigenvalue weighted by Gasteiger charge is 2.49. The molecule has 1 aromatic carbocycles. The average Bonchev–Trinajstić information content (AvgIpc) is 2.66. The highest BCUT2D eigenvalue weighted by atomic mass is 32.2. The lowest BCUT2D eigenvalue weighted by molar-refractivity contribution is 0.0522. The van der Waals surface area contributed by atoms with Crippen molar-refractivity contribution in [3.05, 3.63) is 29.3 Å². The Balaban J connectivity index is 1.79. The second-order valence-corrected chi connectivity index (χ2v) is 10.4. The number of anilines is 1. The standard InChI is InChI=1S/C21H26N4OS/c1-19(2,3)27-25-17-12-15(13-22)4-5-16(17)18(26)24-21-9-6-20(14-23,7-10-21)8-11-21/h4-5,12,25H,6-11H2,1-3H3,(H,24,26). The first-order chi connectivity index (χ1) is 12.7. The van der Waals surface area contributed by atoms with E-state index in [1.807, 2.05) is 0 Å². The summed E-state index contributed by atoms with van der Waals surface area (Å²) >= 11 is 1.52. The van der Waals surface area contributed by atoms with E-state index in [0.717, 1.165) is 38.5 Å². The lowest BCUT2D eigenvalue weighted by atomic mass is 9.58. The zero-order valence-electron chi connectivity index (χ0n) is 16.2. The van der Waals surface area contributed by atoms with E-state index in [-0.39, 0.29) is 21.6 Å². The van der Waals surface area contributed by atoms with Gasteiger partial charge in [0.15, 0.2) is 0 Å². The molecule has 3 saturated carbocycles. The zero-order valence-corrected chi connectivity index (χ0v) is 17.0. The van der Waals surface area contributed by atoms with Crippen molar-refractivity contribution in [1.29, 1.82) is 10.5 Å². The Labute approximate surface area is 165 Å². The van der Waals surface area contributed by atoms with Crippen LogP contribution in [0.2, 0.25) is 0 Å². The number of nitriles is 2. The topological polar surface area (TPSA) is 88.7 Å². The molecular formula is C21H26N4OS. The fourth-order valence-electron chi connectivity index (χ4n) is 3.95. The van der Waals surface area contributed by atoms with Crippen LogP contribution in [0.3, 0.4) is 0 Å². The van der Waals surface area contributed by atoms with Crippen molar-refractivity contribution in [2.24, 2.45) is 5.41 Å². The van der Waals surface area contributed by atoms with Gasteiger partial charge in [-0.15, -0.1) is 0 Å². The number of rotatable bonds is 4. The van der Waals surface area contributed by atoms with Crippen molar-refractivity contribution in [2.75, 3.05) is 4.72 Å². The molecule has 2 bridgehead atoms. The maximum Gasteiger partial charge on any atom is 0.253 e. The second kappa shape index (κ2) is 7.09. The van der Waals surface area contributed by atoms with Crippen molar-refractivity contribution in [3.8, 4) is 12.1 Å². The molecule has 0 aromatic heterocycles. The van der Waals surface area contributed by atoms with Crippen LogP contribution >= 0.6 is 11.9 Å². The molecule has 0 heterocycles. The molecule has 0 aliphatic heterocycles. The van der Waals surface area contributed by atoms with Crippen molar-refractivity contribution >= 4 is 23.5 Å². The Kier molecular flexibility index (Phi) is 5.14. The number of nitrogens with zero attached hydrogens (tertiary/aromatic N) is 2. The summed E-state index contributed by atoms with van der Waals surface area (Å²) in [5.74, 6) is -0.108. The van der Waals surface area contributed by atoms with Crippen molar-refractivity contribution in [1.82, 2.24) is 5.32 Å². The Hall–Kier alpha value is -2.18. The van der Waals surface area contributed by atoms with Gasteiger partial charge in [0, 0.05) is 10.3 Å². The van der Waals surface area contributed by atoms with Crippen molar-refractivity contribution < 1.29 is 4.79 Å². The lowest BCUT2D eigenvalue weighted by Crippen LogP contribution is -2.56. The minimum Gasteiger partial charge on any atom is -0.347 e. The first-order valence-electron chi connectivity index (χ1n) is 9.42. The number of hydrogen-bond donors (Lipinski definition) is 2. The number of hydrogen-bond acceptors (Lipinski definition) is 5. The van der Waals surface area contributed by atoms with Crippen LogP contribution in [0.5, 0.6) is 0 Å². The highest BCUT2D eigenvalue weighted by molar-refractivity contribution is 8.01. The molecule has 27 heavy (non-hydrogen) atoms. The van der Waals surface area contributed by atoms with Crippen LogP contribution in [-0.2, 0) is 0 Å². The molecule has 6 heteroatoms. The molecule has 5 nitrogen and oxygen atoms in total. The van der Waals surface area contributed by atoms with E-state index >= 15 is 0 Å². The first-order valence-corrected chi connectivity index (χ1v) is 10.2. The molecule has 1 aromatic rings. The average molecular weight is 383 g/mol. The van der Waals surface area contributed by atoms with Gasteiger partial charge in [0.2, 0.25) is 0 Å². The summed E-state index contributed by atoms with van der Waals surface area (Å²) in [6, 6.07) is 9.78. The predicted molar refractivity (Wildman–Crippen MR) is 108 cm³/mol. The number of carbonyl (C=O) groups excluding carboxylic acids is 1. The van der Waals surface area contributed by atoms with Gasteiger partial charge in [-0.3, -0.25) is 4.79 Å². The minimum atomic E-state index is -0.196. The van der Waals surface area contributed by atoms with Gasteiger partial charge < -0.3 is 10.0 Å². The predicted octanol–water partition coefficient (Wildman–Crippen LogP) is 4.76. The van der Waals surface area contributed by atoms with Crippen LogP contribution in [0.15, 0.2) is 18.2 Å². The van der Waals surface area contributed by atoms with E-state index in [0.29, 0.717) is 16.8 Å². The lowest BCUT2D eigenvalue weighted by Gasteiger charge is -2.50. The van der Waals surface area contributed by atoms with Crippen LogP contribution in [-0.4, -0.2) is 16.2 Å². The Morgan fingerprint density at radius 2 is 1.74 bits per heavy atom. The van der Waals surface area contributed by atoms with Gasteiger partial charge in [-0.25, -0.2) is 0 Å². The van der Waals surface area contributed by atoms with Gasteiger partial charge >= 0.3 is 0 Å². The van der Waals surface area contributed by atoms with Crippen molar-refractivity contribution in [2.45, 2.75) is 69.6 Å². The fraction of sp³-hybridized carbons (Fsp3) is 0.571. The monoisotopic (exact) mass is 382 g/mol. The molecule has 3 fully saturated rings. The fourth-order valence-corrected chi connectivity index (χ4v) is 4.54. The number of fused-ring (bicyclic) bond motifs is 3. The third kappa shape index (κ3) is 4.22. The molecule has 2 N–H and O–H groups in total. The summed E-state index contributed by atoms with van der Waals surface area (Å²) < 4.78 is 3.24. The summed E-state index contributed by atoms with van der Waals surface area (Å²) in [4.78, 5) is 13.1. The maximum absolute atomic E-state index is 13.1. The number of benzene rings is 1. The van der Waals surface area contributed by atoms with Crippen molar-refractivity contribution in [3.63, 3.8) is 0 Å². The van der Waals surface area contributed by atoms with Gasteiger partial charge in [0.25, 0.3) is 5.91 Å². The molecule has 3 aliphatic rings. The summed E-state index contributed by atoms with van der Waals surface area (Å²) in [7, 11) is 0. The first kappa shape index (κ1) is 19.6. The van der Waals surface area contributed by atoms with E-state index in [1.54, 1.807) is 18.2 Å². The molecule has 0 spiro atoms. The molecular weight excluding hydrogens is 356 g/mol. The van der Waals surface area contributed by atoms with Gasteiger partial charge in [-0.05, 0) is 89.4 Å². The minimum absolute atomic E-state index is 0.0254. The van der Waals surface area contributed by atoms with E-state index in [2.05, 4.69) is 42.9 Å². The molecule has 3 aliphatic carbocycles. The van der Waals surface area contributed by atoms with Crippen LogP contribution in [0.1, 0.15) is 75.2 Å². The number of carbonyl (C=O) groups is 1. The Bertz CT molecular complexity index is 804. The molecule has 0 saturated heterocycles. The Morgan fingerprint density at radius 1 is 1.11 bits per heavy atom. The third-order valence-electron chi connectivity index (χ3n) is 5.72. The Morgan fingerprint density at radius 3 is 2.26 bits per heavy atom. The second-order valence-electron chi connectivity index (χ2n) is 8.82. The molecule has 0 unspecified atom stereocenters. The molecule has 0 radical (unpaired) electrons. The smallest absolute Gasteiger partial charge is 0.253 e. The van der Waals surface area contributed by atoms with Crippen LogP contribution in [0.25, 0.3) is 0 Å². The zero-order chi connectivity index (χ0) is 19.7. The maximum atomic E-state index is 13.1. The summed E-state index contributed by atoms with van der Waals surface area (Å²) in [5.41, 5.74) is 1.38. The van der Waals surface area contributed by atoms with Gasteiger partial charge in [-0.1, -0.05) is 0 Å². The molecule has 0 atom stereocenters.